The molecule has 1 aromatic carbocycles. The van der Waals surface area contributed by atoms with Crippen molar-refractivity contribution in [2.45, 2.75) is 12.8 Å². The van der Waals surface area contributed by atoms with Gasteiger partial charge in [0.15, 0.2) is 0 Å². The standard InChI is InChI=1S/C17H22N2O3/c1-4-5-13-9-14(6-7-15(13)22-3)17(21)18-10-12-8-16(20)19(2)11-12/h4,6-7,9,12H,1,5,8,10-11H2,2-3H3,(H,18,21)/t12-/m1/s1. The Labute approximate surface area is 130 Å². The minimum Gasteiger partial charge on any atom is -0.496 e. The smallest absolute Gasteiger partial charge is 0.251 e. The highest BCUT2D eigenvalue weighted by molar-refractivity contribution is 5.94. The number of nitrogens with one attached hydrogen (secondary N) is 1. The third kappa shape index (κ3) is 3.67. The van der Waals surface area contributed by atoms with E-state index in [1.165, 1.54) is 0 Å². The Kier molecular flexibility index (Phi) is 5.20. The molecule has 0 saturated carbocycles. The summed E-state index contributed by atoms with van der Waals surface area (Å²) >= 11 is 0. The number of hydrogen-bond acceptors (Lipinski definition) is 3. The number of likely N-dealkylation sites (tertiary alicyclic amines) is 1. The van der Waals surface area contributed by atoms with Gasteiger partial charge in [-0.05, 0) is 30.2 Å². The van der Waals surface area contributed by atoms with Crippen LogP contribution in [0.4, 0.5) is 0 Å². The van der Waals surface area contributed by atoms with E-state index in [0.717, 1.165) is 11.3 Å². The molecule has 1 atom stereocenters. The molecule has 2 rings (SSSR count). The highest BCUT2D eigenvalue weighted by Crippen LogP contribution is 2.21. The van der Waals surface area contributed by atoms with Crippen molar-refractivity contribution in [3.8, 4) is 5.75 Å². The van der Waals surface area contributed by atoms with Gasteiger partial charge in [-0.1, -0.05) is 6.08 Å². The van der Waals surface area contributed by atoms with Gasteiger partial charge in [0, 0.05) is 38.0 Å². The number of allylic oxidation sites excluding steroid dienone is 1. The fourth-order valence-electron chi connectivity index (χ4n) is 2.67. The first-order chi connectivity index (χ1) is 10.5. The Bertz CT molecular complexity index is 583. The van der Waals surface area contributed by atoms with Gasteiger partial charge in [0.2, 0.25) is 5.91 Å². The molecule has 0 unspecified atom stereocenters. The van der Waals surface area contributed by atoms with Crippen LogP contribution in [-0.2, 0) is 11.2 Å². The van der Waals surface area contributed by atoms with Crippen LogP contribution >= 0.6 is 0 Å². The Hall–Kier alpha value is -2.30. The van der Waals surface area contributed by atoms with Crippen LogP contribution in [0.5, 0.6) is 5.75 Å². The van der Waals surface area contributed by atoms with Crippen molar-refractivity contribution in [1.82, 2.24) is 10.2 Å². The molecule has 0 radical (unpaired) electrons. The van der Waals surface area contributed by atoms with Gasteiger partial charge in [-0.25, -0.2) is 0 Å². The van der Waals surface area contributed by atoms with Crippen molar-refractivity contribution in [3.63, 3.8) is 0 Å². The highest BCUT2D eigenvalue weighted by Gasteiger charge is 2.26. The summed E-state index contributed by atoms with van der Waals surface area (Å²) in [5.74, 6) is 0.943. The molecular formula is C17H22N2O3. The second-order valence-electron chi connectivity index (χ2n) is 5.57. The van der Waals surface area contributed by atoms with Crippen molar-refractivity contribution < 1.29 is 14.3 Å². The van der Waals surface area contributed by atoms with Crippen LogP contribution in [0.25, 0.3) is 0 Å². The molecule has 5 nitrogen and oxygen atoms in total. The molecule has 0 aromatic heterocycles. The number of hydrogen-bond donors (Lipinski definition) is 1. The zero-order chi connectivity index (χ0) is 16.1. The Morgan fingerprint density at radius 1 is 1.55 bits per heavy atom. The molecular weight excluding hydrogens is 280 g/mol. The maximum absolute atomic E-state index is 12.2. The van der Waals surface area contributed by atoms with E-state index < -0.39 is 0 Å². The zero-order valence-electron chi connectivity index (χ0n) is 13.1. The average molecular weight is 302 g/mol. The number of amides is 2. The fourth-order valence-corrected chi connectivity index (χ4v) is 2.67. The third-order valence-electron chi connectivity index (χ3n) is 3.88. The second-order valence-corrected chi connectivity index (χ2v) is 5.57. The zero-order valence-corrected chi connectivity index (χ0v) is 13.1. The van der Waals surface area contributed by atoms with E-state index in [1.807, 2.05) is 6.07 Å². The third-order valence-corrected chi connectivity index (χ3v) is 3.88. The number of carbonyl (C=O) groups excluding carboxylic acids is 2. The molecule has 0 spiro atoms. The summed E-state index contributed by atoms with van der Waals surface area (Å²) < 4.78 is 5.27. The number of nitrogens with zero attached hydrogens (tertiary/aromatic N) is 1. The highest BCUT2D eigenvalue weighted by atomic mass is 16.5. The van der Waals surface area contributed by atoms with Crippen molar-refractivity contribution >= 4 is 11.8 Å². The average Bonchev–Trinajstić information content (AvgIpc) is 2.83. The SMILES string of the molecule is C=CCc1cc(C(=O)NC[C@H]2CC(=O)N(C)C2)ccc1OC. The van der Waals surface area contributed by atoms with Gasteiger partial charge in [-0.3, -0.25) is 9.59 Å². The van der Waals surface area contributed by atoms with Gasteiger partial charge in [0.05, 0.1) is 7.11 Å². The number of carbonyl (C=O) groups is 2. The number of methoxy groups -OCH3 is 1. The summed E-state index contributed by atoms with van der Waals surface area (Å²) in [6, 6.07) is 5.36. The van der Waals surface area contributed by atoms with Gasteiger partial charge in [-0.15, -0.1) is 6.58 Å². The first kappa shape index (κ1) is 16.1. The van der Waals surface area contributed by atoms with Gasteiger partial charge >= 0.3 is 0 Å². The van der Waals surface area contributed by atoms with E-state index in [2.05, 4.69) is 11.9 Å². The number of ether oxygens (including phenoxy) is 1. The van der Waals surface area contributed by atoms with Crippen LogP contribution < -0.4 is 10.1 Å². The Morgan fingerprint density at radius 3 is 2.91 bits per heavy atom. The summed E-state index contributed by atoms with van der Waals surface area (Å²) in [4.78, 5) is 25.4. The monoisotopic (exact) mass is 302 g/mol. The summed E-state index contributed by atoms with van der Waals surface area (Å²) in [6.07, 6.45) is 2.92. The minimum absolute atomic E-state index is 0.130. The molecule has 1 aliphatic heterocycles. The lowest BCUT2D eigenvalue weighted by Crippen LogP contribution is -2.30. The van der Waals surface area contributed by atoms with Gasteiger partial charge < -0.3 is 15.0 Å². The van der Waals surface area contributed by atoms with E-state index in [1.54, 1.807) is 37.3 Å². The van der Waals surface area contributed by atoms with Crippen molar-refractivity contribution in [3.05, 3.63) is 42.0 Å². The summed E-state index contributed by atoms with van der Waals surface area (Å²) in [6.45, 7) is 4.93. The number of rotatable bonds is 6. The Morgan fingerprint density at radius 2 is 2.32 bits per heavy atom. The largest absolute Gasteiger partial charge is 0.496 e. The normalized spacial score (nSPS) is 17.5. The lowest BCUT2D eigenvalue weighted by atomic mass is 10.1. The van der Waals surface area contributed by atoms with Gasteiger partial charge in [0.25, 0.3) is 5.91 Å². The molecule has 1 aliphatic rings. The lowest BCUT2D eigenvalue weighted by Gasteiger charge is -2.13. The molecule has 0 bridgehead atoms. The molecule has 22 heavy (non-hydrogen) atoms. The summed E-state index contributed by atoms with van der Waals surface area (Å²) in [7, 11) is 3.39. The summed E-state index contributed by atoms with van der Waals surface area (Å²) in [5.41, 5.74) is 1.52. The second kappa shape index (κ2) is 7.11. The quantitative estimate of drug-likeness (QED) is 0.813. The van der Waals surface area contributed by atoms with E-state index in [4.69, 9.17) is 4.74 Å². The number of benzene rings is 1. The van der Waals surface area contributed by atoms with Crippen molar-refractivity contribution in [2.75, 3.05) is 27.2 Å². The summed E-state index contributed by atoms with van der Waals surface area (Å²) in [5, 5.41) is 2.90. The topological polar surface area (TPSA) is 58.6 Å². The molecule has 1 heterocycles. The van der Waals surface area contributed by atoms with E-state index in [0.29, 0.717) is 31.5 Å². The molecule has 1 fully saturated rings. The van der Waals surface area contributed by atoms with E-state index >= 15 is 0 Å². The van der Waals surface area contributed by atoms with Crippen LogP contribution in [0.2, 0.25) is 0 Å². The van der Waals surface area contributed by atoms with Crippen LogP contribution in [0.3, 0.4) is 0 Å². The van der Waals surface area contributed by atoms with Crippen LogP contribution in [0, 0.1) is 5.92 Å². The predicted molar refractivity (Wildman–Crippen MR) is 85.0 cm³/mol. The van der Waals surface area contributed by atoms with Crippen LogP contribution in [0.15, 0.2) is 30.9 Å². The maximum Gasteiger partial charge on any atom is 0.251 e. The fraction of sp³-hybridized carbons (Fsp3) is 0.412. The maximum atomic E-state index is 12.2. The van der Waals surface area contributed by atoms with Gasteiger partial charge in [-0.2, -0.15) is 0 Å². The predicted octanol–water partition coefficient (Wildman–Crippen LogP) is 1.63. The molecule has 118 valence electrons. The molecule has 1 saturated heterocycles. The van der Waals surface area contributed by atoms with Gasteiger partial charge in [0.1, 0.15) is 5.75 Å². The first-order valence-electron chi connectivity index (χ1n) is 7.35. The van der Waals surface area contributed by atoms with E-state index in [-0.39, 0.29) is 17.7 Å². The Balaban J connectivity index is 1.99. The molecule has 2 amide bonds. The van der Waals surface area contributed by atoms with E-state index in [9.17, 15) is 9.59 Å². The molecule has 0 aliphatic carbocycles. The van der Waals surface area contributed by atoms with Crippen LogP contribution in [0.1, 0.15) is 22.3 Å². The van der Waals surface area contributed by atoms with Crippen molar-refractivity contribution in [1.29, 1.82) is 0 Å². The minimum atomic E-state index is -0.130. The molecule has 1 aromatic rings. The molecule has 5 heteroatoms. The molecule has 1 N–H and O–H groups in total. The first-order valence-corrected chi connectivity index (χ1v) is 7.35. The lowest BCUT2D eigenvalue weighted by molar-refractivity contribution is -0.126. The van der Waals surface area contributed by atoms with Crippen LogP contribution in [-0.4, -0.2) is 44.0 Å². The van der Waals surface area contributed by atoms with Crippen molar-refractivity contribution in [2.24, 2.45) is 5.92 Å².